The Morgan fingerprint density at radius 1 is 1.35 bits per heavy atom. The van der Waals surface area contributed by atoms with Gasteiger partial charge in [0, 0.05) is 32.5 Å². The molecule has 1 aromatic heterocycles. The van der Waals surface area contributed by atoms with E-state index in [0.29, 0.717) is 24.9 Å². The van der Waals surface area contributed by atoms with E-state index in [1.807, 2.05) is 0 Å². The Kier molecular flexibility index (Phi) is 6.90. The topological polar surface area (TPSA) is 80.3 Å². The normalized spacial score (nSPS) is 11.8. The lowest BCUT2D eigenvalue weighted by Crippen LogP contribution is -2.27. The molecule has 0 aliphatic rings. The highest BCUT2D eigenvalue weighted by atomic mass is 32.2. The number of hydrogen-bond acceptors (Lipinski definition) is 5. The summed E-state index contributed by atoms with van der Waals surface area (Å²) in [7, 11) is -1.82. The van der Waals surface area contributed by atoms with Crippen LogP contribution in [0, 0.1) is 5.92 Å². The predicted octanol–water partition coefficient (Wildman–Crippen LogP) is 1.46. The van der Waals surface area contributed by atoms with Gasteiger partial charge in [0.2, 0.25) is 10.0 Å². The van der Waals surface area contributed by atoms with Gasteiger partial charge in [0.05, 0.1) is 11.5 Å². The SMILES string of the molecule is CNc1cc(S(=O)(=O)NCCOCCC(C)C)ccn1. The molecule has 0 aromatic carbocycles. The Morgan fingerprint density at radius 2 is 2.10 bits per heavy atom. The average Bonchev–Trinajstić information content (AvgIpc) is 2.42. The third-order valence-corrected chi connectivity index (χ3v) is 4.13. The second-order valence-corrected chi connectivity index (χ2v) is 6.59. The van der Waals surface area contributed by atoms with Crippen molar-refractivity contribution in [2.45, 2.75) is 25.2 Å². The first-order valence-electron chi connectivity index (χ1n) is 6.67. The van der Waals surface area contributed by atoms with Crippen LogP contribution in [0.25, 0.3) is 0 Å². The van der Waals surface area contributed by atoms with Crippen molar-refractivity contribution >= 4 is 15.8 Å². The number of aromatic nitrogens is 1. The van der Waals surface area contributed by atoms with Gasteiger partial charge < -0.3 is 10.1 Å². The molecule has 0 saturated heterocycles. The van der Waals surface area contributed by atoms with E-state index in [1.165, 1.54) is 18.3 Å². The predicted molar refractivity (Wildman–Crippen MR) is 79.2 cm³/mol. The van der Waals surface area contributed by atoms with E-state index >= 15 is 0 Å². The van der Waals surface area contributed by atoms with Gasteiger partial charge in [-0.15, -0.1) is 0 Å². The number of nitrogens with one attached hydrogen (secondary N) is 2. The highest BCUT2D eigenvalue weighted by molar-refractivity contribution is 7.89. The maximum Gasteiger partial charge on any atom is 0.240 e. The highest BCUT2D eigenvalue weighted by Crippen LogP contribution is 2.11. The number of sulfonamides is 1. The van der Waals surface area contributed by atoms with Crippen LogP contribution in [0.2, 0.25) is 0 Å². The summed E-state index contributed by atoms with van der Waals surface area (Å²) in [6, 6.07) is 2.95. The maximum atomic E-state index is 12.0. The second-order valence-electron chi connectivity index (χ2n) is 4.82. The summed E-state index contributed by atoms with van der Waals surface area (Å²) in [5.41, 5.74) is 0. The van der Waals surface area contributed by atoms with Crippen molar-refractivity contribution in [1.29, 1.82) is 0 Å². The molecule has 2 N–H and O–H groups in total. The van der Waals surface area contributed by atoms with Crippen molar-refractivity contribution in [2.75, 3.05) is 32.1 Å². The van der Waals surface area contributed by atoms with Crippen molar-refractivity contribution in [3.05, 3.63) is 18.3 Å². The van der Waals surface area contributed by atoms with Gasteiger partial charge in [0.25, 0.3) is 0 Å². The van der Waals surface area contributed by atoms with E-state index in [1.54, 1.807) is 7.05 Å². The lowest BCUT2D eigenvalue weighted by molar-refractivity contribution is 0.128. The molecule has 0 unspecified atom stereocenters. The molecule has 6 nitrogen and oxygen atoms in total. The third-order valence-electron chi connectivity index (χ3n) is 2.68. The molecule has 7 heteroatoms. The van der Waals surface area contributed by atoms with Crippen molar-refractivity contribution in [3.8, 4) is 0 Å². The fraction of sp³-hybridized carbons (Fsp3) is 0.615. The van der Waals surface area contributed by atoms with Crippen LogP contribution in [0.4, 0.5) is 5.82 Å². The zero-order valence-corrected chi connectivity index (χ0v) is 13.0. The molecule has 0 bridgehead atoms. The van der Waals surface area contributed by atoms with Gasteiger partial charge in [0.1, 0.15) is 5.82 Å². The number of pyridine rings is 1. The van der Waals surface area contributed by atoms with Crippen molar-refractivity contribution in [1.82, 2.24) is 9.71 Å². The molecule has 0 spiro atoms. The van der Waals surface area contributed by atoms with Crippen LogP contribution < -0.4 is 10.0 Å². The summed E-state index contributed by atoms with van der Waals surface area (Å²) in [5, 5.41) is 2.81. The molecule has 0 amide bonds. The lowest BCUT2D eigenvalue weighted by Gasteiger charge is -2.09. The monoisotopic (exact) mass is 301 g/mol. The van der Waals surface area contributed by atoms with Gasteiger partial charge in [-0.05, 0) is 18.4 Å². The number of anilines is 1. The van der Waals surface area contributed by atoms with E-state index in [2.05, 4.69) is 28.9 Å². The van der Waals surface area contributed by atoms with E-state index < -0.39 is 10.0 Å². The molecule has 0 fully saturated rings. The van der Waals surface area contributed by atoms with Crippen LogP contribution in [-0.4, -0.2) is 40.2 Å². The molecule has 0 saturated carbocycles. The van der Waals surface area contributed by atoms with Crippen LogP contribution in [0.15, 0.2) is 23.2 Å². The quantitative estimate of drug-likeness (QED) is 0.675. The molecule has 0 aliphatic heterocycles. The van der Waals surface area contributed by atoms with Gasteiger partial charge in [-0.1, -0.05) is 13.8 Å². The minimum atomic E-state index is -3.51. The number of hydrogen-bond donors (Lipinski definition) is 2. The van der Waals surface area contributed by atoms with Gasteiger partial charge in [-0.25, -0.2) is 18.1 Å². The van der Waals surface area contributed by atoms with Gasteiger partial charge in [-0.2, -0.15) is 0 Å². The van der Waals surface area contributed by atoms with Crippen molar-refractivity contribution in [2.24, 2.45) is 5.92 Å². The van der Waals surface area contributed by atoms with Crippen LogP contribution in [-0.2, 0) is 14.8 Å². The summed E-state index contributed by atoms with van der Waals surface area (Å²) in [6.45, 7) is 5.52. The molecule has 0 atom stereocenters. The Hall–Kier alpha value is -1.18. The first-order chi connectivity index (χ1) is 9.45. The summed E-state index contributed by atoms with van der Waals surface area (Å²) < 4.78 is 31.9. The fourth-order valence-corrected chi connectivity index (χ4v) is 2.49. The Bertz CT molecular complexity index is 503. The first kappa shape index (κ1) is 16.9. The molecule has 114 valence electrons. The van der Waals surface area contributed by atoms with Gasteiger partial charge in [0.15, 0.2) is 0 Å². The van der Waals surface area contributed by atoms with Crippen LogP contribution in [0.3, 0.4) is 0 Å². The standard InChI is InChI=1S/C13H23N3O3S/c1-11(2)5-8-19-9-7-16-20(17,18)12-4-6-15-13(10-12)14-3/h4,6,10-11,16H,5,7-9H2,1-3H3,(H,14,15). The third kappa shape index (κ3) is 5.85. The molecule has 0 aliphatic carbocycles. The van der Waals surface area contributed by atoms with Crippen LogP contribution in [0.1, 0.15) is 20.3 Å². The van der Waals surface area contributed by atoms with Gasteiger partial charge in [-0.3, -0.25) is 0 Å². The van der Waals surface area contributed by atoms with Gasteiger partial charge >= 0.3 is 0 Å². The molecule has 1 aromatic rings. The Balaban J connectivity index is 2.41. The van der Waals surface area contributed by atoms with Crippen LogP contribution in [0.5, 0.6) is 0 Å². The Morgan fingerprint density at radius 3 is 2.75 bits per heavy atom. The van der Waals surface area contributed by atoms with E-state index in [0.717, 1.165) is 6.42 Å². The minimum Gasteiger partial charge on any atom is -0.380 e. The fourth-order valence-electron chi connectivity index (χ4n) is 1.47. The average molecular weight is 301 g/mol. The number of nitrogens with zero attached hydrogens (tertiary/aromatic N) is 1. The molecule has 1 heterocycles. The molecule has 1 rings (SSSR count). The minimum absolute atomic E-state index is 0.194. The number of rotatable bonds is 9. The Labute approximate surface area is 121 Å². The molecule has 0 radical (unpaired) electrons. The van der Waals surface area contributed by atoms with Crippen molar-refractivity contribution in [3.63, 3.8) is 0 Å². The molecule has 20 heavy (non-hydrogen) atoms. The van der Waals surface area contributed by atoms with E-state index in [9.17, 15) is 8.42 Å². The summed E-state index contributed by atoms with van der Waals surface area (Å²) in [4.78, 5) is 4.17. The zero-order valence-electron chi connectivity index (χ0n) is 12.2. The zero-order chi connectivity index (χ0) is 15.0. The van der Waals surface area contributed by atoms with Crippen LogP contribution >= 0.6 is 0 Å². The summed E-state index contributed by atoms with van der Waals surface area (Å²) in [6.07, 6.45) is 2.43. The largest absolute Gasteiger partial charge is 0.380 e. The van der Waals surface area contributed by atoms with Crippen molar-refractivity contribution < 1.29 is 13.2 Å². The molecular weight excluding hydrogens is 278 g/mol. The molecular formula is C13H23N3O3S. The van der Waals surface area contributed by atoms with E-state index in [-0.39, 0.29) is 11.4 Å². The van der Waals surface area contributed by atoms with E-state index in [4.69, 9.17) is 4.74 Å². The maximum absolute atomic E-state index is 12.0. The smallest absolute Gasteiger partial charge is 0.240 e. The number of ether oxygens (including phenoxy) is 1. The highest BCUT2D eigenvalue weighted by Gasteiger charge is 2.13. The summed E-state index contributed by atoms with van der Waals surface area (Å²) in [5.74, 6) is 1.10. The second kappa shape index (κ2) is 8.18. The summed E-state index contributed by atoms with van der Waals surface area (Å²) >= 11 is 0. The first-order valence-corrected chi connectivity index (χ1v) is 8.15. The lowest BCUT2D eigenvalue weighted by atomic mass is 10.1.